The largest absolute Gasteiger partial charge is 0.483 e. The van der Waals surface area contributed by atoms with Crippen LogP contribution in [0, 0.1) is 0 Å². The molecule has 2 aromatic rings. The number of hydrogen-bond acceptors (Lipinski definition) is 5. The molecular formula is C15H20N4O4S. The van der Waals surface area contributed by atoms with Crippen molar-refractivity contribution in [2.45, 2.75) is 31.1 Å². The fraction of sp³-hybridized carbons (Fsp3) is 0.333. The number of H-pyrrole nitrogens is 1. The van der Waals surface area contributed by atoms with Gasteiger partial charge in [-0.3, -0.25) is 15.3 Å². The summed E-state index contributed by atoms with van der Waals surface area (Å²) in [7, 11) is -3.85. The van der Waals surface area contributed by atoms with Gasteiger partial charge in [0.1, 0.15) is 10.6 Å². The average molecular weight is 352 g/mol. The second-order valence-corrected chi connectivity index (χ2v) is 6.91. The zero-order valence-electron chi connectivity index (χ0n) is 13.4. The van der Waals surface area contributed by atoms with Crippen molar-refractivity contribution in [1.82, 2.24) is 20.5 Å². The van der Waals surface area contributed by atoms with E-state index in [1.807, 2.05) is 23.0 Å². The molecule has 1 aromatic heterocycles. The number of amides is 1. The third-order valence-corrected chi connectivity index (χ3v) is 4.74. The normalized spacial score (nSPS) is 12.6. The fourth-order valence-electron chi connectivity index (χ4n) is 1.99. The molecule has 0 unspecified atom stereocenters. The lowest BCUT2D eigenvalue weighted by atomic mass is 9.98. The van der Waals surface area contributed by atoms with E-state index in [2.05, 4.69) is 29.5 Å². The van der Waals surface area contributed by atoms with Crippen LogP contribution in [0.2, 0.25) is 0 Å². The Hall–Kier alpha value is -2.39. The zero-order valence-corrected chi connectivity index (χ0v) is 14.3. The highest BCUT2D eigenvalue weighted by Gasteiger charge is 2.16. The molecular weight excluding hydrogens is 332 g/mol. The maximum Gasteiger partial charge on any atom is 0.272 e. The second-order valence-electron chi connectivity index (χ2n) is 5.22. The number of aromatic nitrogens is 2. The summed E-state index contributed by atoms with van der Waals surface area (Å²) in [5, 5.41) is 5.93. The van der Waals surface area contributed by atoms with Gasteiger partial charge in [0.05, 0.1) is 6.20 Å². The first kappa shape index (κ1) is 18.0. The van der Waals surface area contributed by atoms with Gasteiger partial charge in [-0.25, -0.2) is 8.42 Å². The molecule has 3 N–H and O–H groups in total. The number of carbonyl (C=O) groups excluding carboxylic acids is 1. The van der Waals surface area contributed by atoms with Gasteiger partial charge in [0, 0.05) is 6.20 Å². The molecule has 0 aliphatic carbocycles. The van der Waals surface area contributed by atoms with Crippen LogP contribution in [0.5, 0.6) is 5.75 Å². The zero-order chi connectivity index (χ0) is 17.6. The summed E-state index contributed by atoms with van der Waals surface area (Å²) < 4.78 is 29.2. The second kappa shape index (κ2) is 7.93. The van der Waals surface area contributed by atoms with Gasteiger partial charge >= 0.3 is 0 Å². The maximum atomic E-state index is 11.8. The molecule has 24 heavy (non-hydrogen) atoms. The Morgan fingerprint density at radius 1 is 1.38 bits per heavy atom. The number of hydrogen-bond donors (Lipinski definition) is 3. The van der Waals surface area contributed by atoms with Crippen molar-refractivity contribution in [2.75, 3.05) is 6.61 Å². The van der Waals surface area contributed by atoms with Crippen molar-refractivity contribution in [3.63, 3.8) is 0 Å². The Morgan fingerprint density at radius 3 is 2.79 bits per heavy atom. The highest BCUT2D eigenvalue weighted by atomic mass is 32.2. The quantitative estimate of drug-likeness (QED) is 0.620. The summed E-state index contributed by atoms with van der Waals surface area (Å²) >= 11 is 0. The number of benzene rings is 1. The highest BCUT2D eigenvalue weighted by Crippen LogP contribution is 2.28. The van der Waals surface area contributed by atoms with Crippen LogP contribution in [-0.2, 0) is 14.8 Å². The van der Waals surface area contributed by atoms with E-state index < -0.39 is 15.9 Å². The number of carbonyl (C=O) groups is 1. The topological polar surface area (TPSA) is 113 Å². The molecule has 1 amide bonds. The Bertz CT molecular complexity index is 775. The van der Waals surface area contributed by atoms with Crippen LogP contribution < -0.4 is 15.0 Å². The molecule has 2 rings (SSSR count). The van der Waals surface area contributed by atoms with Crippen LogP contribution in [0.15, 0.2) is 41.6 Å². The van der Waals surface area contributed by atoms with Crippen LogP contribution in [0.1, 0.15) is 31.7 Å². The minimum Gasteiger partial charge on any atom is -0.483 e. The van der Waals surface area contributed by atoms with E-state index in [-0.39, 0.29) is 11.5 Å². The lowest BCUT2D eigenvalue weighted by molar-refractivity contribution is -0.123. The first-order valence-corrected chi connectivity index (χ1v) is 8.93. The van der Waals surface area contributed by atoms with E-state index >= 15 is 0 Å². The van der Waals surface area contributed by atoms with Crippen molar-refractivity contribution in [1.29, 1.82) is 0 Å². The number of nitrogens with zero attached hydrogens (tertiary/aromatic N) is 1. The lowest BCUT2D eigenvalue weighted by Crippen LogP contribution is -2.43. The van der Waals surface area contributed by atoms with Crippen LogP contribution >= 0.6 is 0 Å². The number of sulfonamides is 1. The molecule has 0 saturated heterocycles. The first-order chi connectivity index (χ1) is 11.4. The predicted octanol–water partition coefficient (Wildman–Crippen LogP) is 1.31. The average Bonchev–Trinajstić information content (AvgIpc) is 3.13. The molecule has 1 heterocycles. The summed E-state index contributed by atoms with van der Waals surface area (Å²) in [6, 6.07) is 7.46. The Labute approximate surface area is 140 Å². The summed E-state index contributed by atoms with van der Waals surface area (Å²) in [5.74, 6) is 0.296. The minimum absolute atomic E-state index is 0.0779. The molecule has 0 aliphatic rings. The van der Waals surface area contributed by atoms with E-state index in [9.17, 15) is 13.2 Å². The minimum atomic E-state index is -3.85. The van der Waals surface area contributed by atoms with Crippen LogP contribution in [0.4, 0.5) is 0 Å². The first-order valence-electron chi connectivity index (χ1n) is 7.45. The predicted molar refractivity (Wildman–Crippen MR) is 87.7 cm³/mol. The molecule has 1 atom stereocenters. The molecule has 0 bridgehead atoms. The van der Waals surface area contributed by atoms with E-state index in [0.29, 0.717) is 11.7 Å². The number of rotatable bonds is 8. The smallest absolute Gasteiger partial charge is 0.272 e. The van der Waals surface area contributed by atoms with Gasteiger partial charge in [0.25, 0.3) is 15.9 Å². The molecule has 0 radical (unpaired) electrons. The van der Waals surface area contributed by atoms with Gasteiger partial charge in [0.2, 0.25) is 0 Å². The van der Waals surface area contributed by atoms with Crippen molar-refractivity contribution >= 4 is 15.9 Å². The van der Waals surface area contributed by atoms with E-state index in [4.69, 9.17) is 4.74 Å². The summed E-state index contributed by atoms with van der Waals surface area (Å²) in [4.78, 5) is 13.7. The Morgan fingerprint density at radius 2 is 2.12 bits per heavy atom. The van der Waals surface area contributed by atoms with Gasteiger partial charge in [0.15, 0.2) is 6.61 Å². The van der Waals surface area contributed by atoms with Gasteiger partial charge in [-0.2, -0.15) is 5.10 Å². The van der Waals surface area contributed by atoms with E-state index in [1.165, 1.54) is 6.20 Å². The standard InChI is InChI=1S/C15H20N4O4S/c1-3-11(2)13-6-4-5-7-14(13)23-10-15(20)18-19-24(21,22)12-8-16-17-9-12/h4-9,11,19H,3,10H2,1-2H3,(H,16,17)(H,18,20)/t11-/m0/s1. The number of nitrogens with one attached hydrogen (secondary N) is 3. The van der Waals surface area contributed by atoms with Crippen LogP contribution in [-0.4, -0.2) is 31.1 Å². The third-order valence-electron chi connectivity index (χ3n) is 3.53. The van der Waals surface area contributed by atoms with E-state index in [1.54, 1.807) is 6.07 Å². The molecule has 0 saturated carbocycles. The van der Waals surface area contributed by atoms with Gasteiger partial charge in [-0.05, 0) is 24.0 Å². The van der Waals surface area contributed by atoms with Gasteiger partial charge < -0.3 is 4.74 Å². The Kier molecular flexibility index (Phi) is 5.93. The molecule has 0 spiro atoms. The summed E-state index contributed by atoms with van der Waals surface area (Å²) in [6.45, 7) is 3.83. The van der Waals surface area contributed by atoms with Gasteiger partial charge in [-0.1, -0.05) is 32.0 Å². The molecule has 8 nitrogen and oxygen atoms in total. The summed E-state index contributed by atoms with van der Waals surface area (Å²) in [6.07, 6.45) is 3.28. The summed E-state index contributed by atoms with van der Waals surface area (Å²) in [5.41, 5.74) is 3.11. The van der Waals surface area contributed by atoms with Crippen molar-refractivity contribution in [3.8, 4) is 5.75 Å². The third kappa shape index (κ3) is 4.56. The molecule has 0 aliphatic heterocycles. The molecule has 0 fully saturated rings. The number of aromatic amines is 1. The van der Waals surface area contributed by atoms with Crippen molar-refractivity contribution in [2.24, 2.45) is 0 Å². The molecule has 9 heteroatoms. The van der Waals surface area contributed by atoms with Gasteiger partial charge in [-0.15, -0.1) is 4.83 Å². The number of hydrazine groups is 1. The van der Waals surface area contributed by atoms with Crippen LogP contribution in [0.25, 0.3) is 0 Å². The van der Waals surface area contributed by atoms with Crippen molar-refractivity contribution < 1.29 is 17.9 Å². The highest BCUT2D eigenvalue weighted by molar-refractivity contribution is 7.89. The number of para-hydroxylation sites is 1. The monoisotopic (exact) mass is 352 g/mol. The lowest BCUT2D eigenvalue weighted by Gasteiger charge is -2.15. The number of ether oxygens (including phenoxy) is 1. The SMILES string of the molecule is CC[C@H](C)c1ccccc1OCC(=O)NNS(=O)(=O)c1cn[nH]c1. The fourth-order valence-corrected chi connectivity index (χ4v) is 2.75. The molecule has 130 valence electrons. The van der Waals surface area contributed by atoms with Crippen molar-refractivity contribution in [3.05, 3.63) is 42.2 Å². The van der Waals surface area contributed by atoms with Crippen LogP contribution in [0.3, 0.4) is 0 Å². The van der Waals surface area contributed by atoms with E-state index in [0.717, 1.165) is 18.2 Å². The Balaban J connectivity index is 1.90. The molecule has 1 aromatic carbocycles. The maximum absolute atomic E-state index is 11.8.